The molecule has 12 heteroatoms. The van der Waals surface area contributed by atoms with Gasteiger partial charge in [0.2, 0.25) is 23.6 Å². The highest BCUT2D eigenvalue weighted by Gasteiger charge is 2.42. The summed E-state index contributed by atoms with van der Waals surface area (Å²) in [7, 11) is 3.04. The molecule has 3 rings (SSSR count). The summed E-state index contributed by atoms with van der Waals surface area (Å²) < 4.78 is 5.84. The summed E-state index contributed by atoms with van der Waals surface area (Å²) in [5.41, 5.74) is 0.822. The molecule has 5 atom stereocenters. The highest BCUT2D eigenvalue weighted by atomic mass is 16.6. The maximum absolute atomic E-state index is 14.2. The van der Waals surface area contributed by atoms with Crippen molar-refractivity contribution < 1.29 is 33.5 Å². The highest BCUT2D eigenvalue weighted by Crippen LogP contribution is 2.24. The molecule has 1 aromatic carbocycles. The van der Waals surface area contributed by atoms with Crippen molar-refractivity contribution in [3.63, 3.8) is 0 Å². The Morgan fingerprint density at radius 2 is 1.45 bits per heavy atom. The van der Waals surface area contributed by atoms with Gasteiger partial charge in [0.25, 0.3) is 5.91 Å². The number of rotatable bonds is 6. The average Bonchev–Trinajstić information content (AvgIpc) is 3.50. The first kappa shape index (κ1) is 37.5. The molecule has 0 unspecified atom stereocenters. The first-order valence-corrected chi connectivity index (χ1v) is 16.8. The molecule has 2 heterocycles. The van der Waals surface area contributed by atoms with E-state index in [2.05, 4.69) is 10.6 Å². The second-order valence-corrected chi connectivity index (χ2v) is 13.9. The Labute approximate surface area is 278 Å². The normalized spacial score (nSPS) is 26.2. The third kappa shape index (κ3) is 9.54. The molecule has 0 aromatic heterocycles. The number of nitrogens with one attached hydrogen (secondary N) is 2. The van der Waals surface area contributed by atoms with Crippen molar-refractivity contribution >= 4 is 35.5 Å². The molecule has 5 amide bonds. The Bertz CT molecular complexity index is 1280. The number of amides is 5. The number of ether oxygens (including phenoxy) is 1. The number of esters is 1. The van der Waals surface area contributed by atoms with Crippen LogP contribution in [0.5, 0.6) is 0 Å². The number of fused-ring (bicyclic) bond motifs is 1. The molecule has 2 fully saturated rings. The van der Waals surface area contributed by atoms with Gasteiger partial charge in [-0.15, -0.1) is 0 Å². The van der Waals surface area contributed by atoms with Crippen LogP contribution in [0.3, 0.4) is 0 Å². The molecular formula is C35H53N5O7. The second-order valence-electron chi connectivity index (χ2n) is 13.9. The molecule has 2 aliphatic heterocycles. The minimum Gasteiger partial charge on any atom is -0.451 e. The van der Waals surface area contributed by atoms with Crippen molar-refractivity contribution in [2.24, 2.45) is 17.8 Å². The van der Waals surface area contributed by atoms with E-state index < -0.39 is 59.9 Å². The number of hydrogen-bond donors (Lipinski definition) is 2. The zero-order valence-corrected chi connectivity index (χ0v) is 29.2. The van der Waals surface area contributed by atoms with Crippen molar-refractivity contribution in [3.05, 3.63) is 35.9 Å². The quantitative estimate of drug-likeness (QED) is 0.447. The summed E-state index contributed by atoms with van der Waals surface area (Å²) in [6, 6.07) is 5.49. The number of carbonyl (C=O) groups excluding carboxylic acids is 6. The Morgan fingerprint density at radius 1 is 0.830 bits per heavy atom. The van der Waals surface area contributed by atoms with Gasteiger partial charge in [-0.05, 0) is 42.6 Å². The summed E-state index contributed by atoms with van der Waals surface area (Å²) in [6.07, 6.45) is 0.205. The van der Waals surface area contributed by atoms with E-state index >= 15 is 0 Å². The van der Waals surface area contributed by atoms with Gasteiger partial charge in [0, 0.05) is 40.0 Å². The van der Waals surface area contributed by atoms with E-state index in [9.17, 15) is 28.8 Å². The first-order chi connectivity index (χ1) is 22.1. The van der Waals surface area contributed by atoms with Gasteiger partial charge in [-0.25, -0.2) is 4.79 Å². The lowest BCUT2D eigenvalue weighted by atomic mass is 9.95. The van der Waals surface area contributed by atoms with E-state index in [-0.39, 0.29) is 49.5 Å². The maximum Gasteiger partial charge on any atom is 0.329 e. The van der Waals surface area contributed by atoms with E-state index in [0.29, 0.717) is 19.4 Å². The number of hydrogen-bond acceptors (Lipinski definition) is 7. The largest absolute Gasteiger partial charge is 0.451 e. The van der Waals surface area contributed by atoms with Gasteiger partial charge < -0.3 is 30.1 Å². The van der Waals surface area contributed by atoms with Crippen LogP contribution in [0.1, 0.15) is 72.8 Å². The molecular weight excluding hydrogens is 602 g/mol. The molecule has 2 saturated heterocycles. The van der Waals surface area contributed by atoms with E-state index in [0.717, 1.165) is 5.56 Å². The average molecular weight is 656 g/mol. The first-order valence-electron chi connectivity index (χ1n) is 16.8. The fourth-order valence-electron chi connectivity index (χ4n) is 6.57. The summed E-state index contributed by atoms with van der Waals surface area (Å²) in [6.45, 7) is 11.4. The molecule has 0 bridgehead atoms. The Kier molecular flexibility index (Phi) is 13.4. The van der Waals surface area contributed by atoms with Gasteiger partial charge >= 0.3 is 5.97 Å². The van der Waals surface area contributed by atoms with Crippen LogP contribution in [-0.2, 0) is 39.9 Å². The molecule has 0 radical (unpaired) electrons. The van der Waals surface area contributed by atoms with Gasteiger partial charge in [0.15, 0.2) is 6.10 Å². The summed E-state index contributed by atoms with van der Waals surface area (Å²) in [4.78, 5) is 86.5. The number of likely N-dealkylation sites (N-methyl/N-ethyl adjacent to an activating group) is 2. The second kappa shape index (κ2) is 16.7. The van der Waals surface area contributed by atoms with Crippen LogP contribution in [-0.4, -0.2) is 108 Å². The van der Waals surface area contributed by atoms with Crippen molar-refractivity contribution in [2.75, 3.05) is 27.2 Å². The van der Waals surface area contributed by atoms with Gasteiger partial charge in [0.1, 0.15) is 24.2 Å². The van der Waals surface area contributed by atoms with E-state index in [4.69, 9.17) is 4.74 Å². The van der Waals surface area contributed by atoms with Crippen LogP contribution in [0.2, 0.25) is 0 Å². The topological polar surface area (TPSA) is 145 Å². The molecule has 2 aliphatic rings. The molecule has 1 aromatic rings. The molecule has 12 nitrogen and oxygen atoms in total. The zero-order valence-electron chi connectivity index (χ0n) is 29.2. The van der Waals surface area contributed by atoms with Crippen LogP contribution in [0.25, 0.3) is 0 Å². The molecule has 2 N–H and O–H groups in total. The number of benzene rings is 1. The standard InChI is InChI=1S/C35H53N5O7/c1-21(2)19-27-33(44)39(8)30(23(5)6)34(45)38(7)29(22(3)4)32(43)37-25(20-24-13-10-9-11-14-24)31(42)36-17-16-28(41)40-18-12-15-26(40)35(46)47-27/h9-11,13-14,21-23,25-27,29-30H,12,15-20H2,1-8H3,(H,36,42)(H,37,43)/t25-,26-,27-,29+,30+/m0/s1. The Hall–Kier alpha value is -3.96. The number of carbonyl (C=O) groups is 6. The predicted octanol–water partition coefficient (Wildman–Crippen LogP) is 2.15. The minimum atomic E-state index is -1.16. The van der Waals surface area contributed by atoms with Crippen molar-refractivity contribution in [2.45, 2.75) is 104 Å². The third-order valence-corrected chi connectivity index (χ3v) is 8.93. The van der Waals surface area contributed by atoms with Crippen molar-refractivity contribution in [1.29, 1.82) is 0 Å². The highest BCUT2D eigenvalue weighted by molar-refractivity contribution is 5.95. The molecule has 0 aliphatic carbocycles. The minimum absolute atomic E-state index is 0.00157. The van der Waals surface area contributed by atoms with Gasteiger partial charge in [0.05, 0.1) is 0 Å². The molecule has 47 heavy (non-hydrogen) atoms. The molecule has 260 valence electrons. The van der Waals surface area contributed by atoms with Crippen LogP contribution >= 0.6 is 0 Å². The summed E-state index contributed by atoms with van der Waals surface area (Å²) in [5, 5.41) is 5.66. The predicted molar refractivity (Wildman–Crippen MR) is 177 cm³/mol. The van der Waals surface area contributed by atoms with Crippen molar-refractivity contribution in [1.82, 2.24) is 25.3 Å². The molecule has 0 saturated carbocycles. The fourth-order valence-corrected chi connectivity index (χ4v) is 6.57. The third-order valence-electron chi connectivity index (χ3n) is 8.93. The van der Waals surface area contributed by atoms with Gasteiger partial charge in [-0.1, -0.05) is 71.9 Å². The lowest BCUT2D eigenvalue weighted by Gasteiger charge is -2.38. The number of cyclic esters (lactones) is 1. The number of nitrogens with zero attached hydrogens (tertiary/aromatic N) is 3. The van der Waals surface area contributed by atoms with Gasteiger partial charge in [-0.3, -0.25) is 24.0 Å². The lowest BCUT2D eigenvalue weighted by Crippen LogP contribution is -2.60. The monoisotopic (exact) mass is 655 g/mol. The van der Waals surface area contributed by atoms with Crippen LogP contribution in [0.4, 0.5) is 0 Å². The smallest absolute Gasteiger partial charge is 0.329 e. The summed E-state index contributed by atoms with van der Waals surface area (Å²) >= 11 is 0. The SMILES string of the molecule is CC(C)C[C@@H]1OC(=O)[C@@H]2CCCN2C(=O)CCNC(=O)[C@H](Cc2ccccc2)NC(=O)[C@@H](C(C)C)N(C)C(=O)[C@@H](C(C)C)N(C)C1=O. The Balaban J connectivity index is 2.05. The van der Waals surface area contributed by atoms with E-state index in [1.54, 1.807) is 0 Å². The van der Waals surface area contributed by atoms with Crippen LogP contribution < -0.4 is 10.6 Å². The van der Waals surface area contributed by atoms with Crippen LogP contribution in [0.15, 0.2) is 30.3 Å². The van der Waals surface area contributed by atoms with Crippen molar-refractivity contribution in [3.8, 4) is 0 Å². The van der Waals surface area contributed by atoms with Crippen LogP contribution in [0, 0.1) is 17.8 Å². The summed E-state index contributed by atoms with van der Waals surface area (Å²) in [5.74, 6) is -3.63. The van der Waals surface area contributed by atoms with E-state index in [1.807, 2.05) is 71.9 Å². The Morgan fingerprint density at radius 3 is 2.04 bits per heavy atom. The maximum atomic E-state index is 14.2. The fraction of sp³-hybridized carbons (Fsp3) is 0.657. The molecule has 0 spiro atoms. The van der Waals surface area contributed by atoms with E-state index in [1.165, 1.54) is 28.8 Å². The van der Waals surface area contributed by atoms with Gasteiger partial charge in [-0.2, -0.15) is 0 Å². The zero-order chi connectivity index (χ0) is 35.0. The lowest BCUT2D eigenvalue weighted by molar-refractivity contribution is -0.168.